The van der Waals surface area contributed by atoms with Crippen LogP contribution in [-0.4, -0.2) is 28.4 Å². The Labute approximate surface area is 166 Å². The van der Waals surface area contributed by atoms with Crippen molar-refractivity contribution in [2.24, 2.45) is 0 Å². The number of ether oxygens (including phenoxy) is 1. The topological polar surface area (TPSA) is 99.2 Å². The second-order valence-electron chi connectivity index (χ2n) is 5.77. The highest BCUT2D eigenvalue weighted by Crippen LogP contribution is 2.30. The molecule has 7 nitrogen and oxygen atoms in total. The lowest BCUT2D eigenvalue weighted by Gasteiger charge is -2.06. The van der Waals surface area contributed by atoms with Gasteiger partial charge in [-0.05, 0) is 24.6 Å². The molecule has 0 radical (unpaired) electrons. The van der Waals surface area contributed by atoms with E-state index in [0.29, 0.717) is 16.5 Å². The van der Waals surface area contributed by atoms with E-state index >= 15 is 0 Å². The molecule has 3 rings (SSSR count). The third-order valence-electron chi connectivity index (χ3n) is 3.80. The maximum atomic E-state index is 12.6. The van der Waals surface area contributed by atoms with Gasteiger partial charge in [-0.25, -0.2) is 9.59 Å². The molecule has 0 aliphatic rings. The van der Waals surface area contributed by atoms with Crippen molar-refractivity contribution >= 4 is 35.3 Å². The minimum Gasteiger partial charge on any atom is -0.462 e. The van der Waals surface area contributed by atoms with Crippen molar-refractivity contribution in [3.63, 3.8) is 0 Å². The fourth-order valence-electron chi connectivity index (χ4n) is 2.48. The molecule has 3 aromatic rings. The number of carbonyl (C=O) groups excluding carboxylic acids is 2. The van der Waals surface area contributed by atoms with Crippen molar-refractivity contribution in [3.8, 4) is 0 Å². The average molecular weight is 396 g/mol. The van der Waals surface area contributed by atoms with E-state index < -0.39 is 12.0 Å². The van der Waals surface area contributed by atoms with Crippen molar-refractivity contribution in [1.29, 1.82) is 0 Å². The zero-order chi connectivity index (χ0) is 19.9. The number of anilines is 2. The Bertz CT molecular complexity index is 958. The van der Waals surface area contributed by atoms with Crippen molar-refractivity contribution in [2.75, 3.05) is 17.7 Å². The van der Waals surface area contributed by atoms with Crippen LogP contribution in [0.3, 0.4) is 0 Å². The predicted octanol–water partition coefficient (Wildman–Crippen LogP) is 4.01. The van der Waals surface area contributed by atoms with Crippen LogP contribution in [0.15, 0.2) is 65.7 Å². The predicted molar refractivity (Wildman–Crippen MR) is 109 cm³/mol. The summed E-state index contributed by atoms with van der Waals surface area (Å²) in [5.74, 6) is -0.0824. The Morgan fingerprint density at radius 2 is 1.75 bits per heavy atom. The number of benzene rings is 2. The number of nitrogen functional groups attached to an aromatic ring is 1. The second kappa shape index (κ2) is 9.09. The summed E-state index contributed by atoms with van der Waals surface area (Å²) in [6.07, 6.45) is 0. The number of rotatable bonds is 6. The number of carbonyl (C=O) groups is 2. The Kier molecular flexibility index (Phi) is 6.33. The van der Waals surface area contributed by atoms with Gasteiger partial charge in [0, 0.05) is 11.4 Å². The fraction of sp³-hybridized carbons (Fsp3) is 0.150. The van der Waals surface area contributed by atoms with Crippen LogP contribution in [-0.2, 0) is 10.5 Å². The van der Waals surface area contributed by atoms with Gasteiger partial charge in [-0.1, -0.05) is 60.3 Å². The van der Waals surface area contributed by atoms with Gasteiger partial charge in [-0.3, -0.25) is 0 Å². The summed E-state index contributed by atoms with van der Waals surface area (Å²) in [5, 5.41) is 7.32. The quantitative estimate of drug-likeness (QED) is 0.482. The average Bonchev–Trinajstić information content (AvgIpc) is 3.04. The van der Waals surface area contributed by atoms with Gasteiger partial charge in [0.05, 0.1) is 6.61 Å². The summed E-state index contributed by atoms with van der Waals surface area (Å²) in [5.41, 5.74) is 7.84. The lowest BCUT2D eigenvalue weighted by atomic mass is 10.2. The number of hydrogen-bond acceptors (Lipinski definition) is 6. The highest BCUT2D eigenvalue weighted by Gasteiger charge is 2.26. The minimum absolute atomic E-state index is 0.0533. The highest BCUT2D eigenvalue weighted by atomic mass is 32.2. The number of hydrogen-bond donors (Lipinski definition) is 2. The van der Waals surface area contributed by atoms with Gasteiger partial charge >= 0.3 is 12.0 Å². The van der Waals surface area contributed by atoms with Gasteiger partial charge in [0.25, 0.3) is 0 Å². The molecule has 28 heavy (non-hydrogen) atoms. The van der Waals surface area contributed by atoms with Crippen LogP contribution in [0.1, 0.15) is 22.8 Å². The van der Waals surface area contributed by atoms with Crippen LogP contribution in [0.25, 0.3) is 0 Å². The molecular weight excluding hydrogens is 376 g/mol. The SMILES string of the molecule is CCOC(=O)c1c(SCc2ccccc2)nn(C(=O)Nc2ccccc2)c1N. The smallest absolute Gasteiger partial charge is 0.348 e. The number of amides is 1. The summed E-state index contributed by atoms with van der Waals surface area (Å²) in [4.78, 5) is 25.0. The zero-order valence-corrected chi connectivity index (χ0v) is 16.1. The molecule has 1 heterocycles. The maximum absolute atomic E-state index is 12.6. The third kappa shape index (κ3) is 4.52. The first-order valence-electron chi connectivity index (χ1n) is 8.69. The van der Waals surface area contributed by atoms with Crippen LogP contribution in [0, 0.1) is 0 Å². The number of thioether (sulfide) groups is 1. The largest absolute Gasteiger partial charge is 0.462 e. The summed E-state index contributed by atoms with van der Waals surface area (Å²) in [6, 6.07) is 18.1. The van der Waals surface area contributed by atoms with E-state index in [1.165, 1.54) is 11.8 Å². The molecule has 144 valence electrons. The number of nitrogens with one attached hydrogen (secondary N) is 1. The number of para-hydroxylation sites is 1. The van der Waals surface area contributed by atoms with Gasteiger partial charge in [0.1, 0.15) is 16.4 Å². The van der Waals surface area contributed by atoms with Crippen molar-refractivity contribution in [3.05, 3.63) is 71.8 Å². The fourth-order valence-corrected chi connectivity index (χ4v) is 3.45. The van der Waals surface area contributed by atoms with Gasteiger partial charge in [-0.15, -0.1) is 0 Å². The molecule has 0 unspecified atom stereocenters. The van der Waals surface area contributed by atoms with E-state index in [9.17, 15) is 9.59 Å². The number of nitrogens with two attached hydrogens (primary N) is 1. The lowest BCUT2D eigenvalue weighted by Crippen LogP contribution is -2.22. The first-order chi connectivity index (χ1) is 13.6. The standard InChI is InChI=1S/C20H20N4O3S/c1-2-27-19(25)16-17(21)24(20(26)22-15-11-7-4-8-12-15)23-18(16)28-13-14-9-5-3-6-10-14/h3-12H,2,13,21H2,1H3,(H,22,26). The highest BCUT2D eigenvalue weighted by molar-refractivity contribution is 7.98. The van der Waals surface area contributed by atoms with E-state index in [1.54, 1.807) is 31.2 Å². The van der Waals surface area contributed by atoms with Gasteiger partial charge in [0.2, 0.25) is 0 Å². The van der Waals surface area contributed by atoms with Crippen LogP contribution >= 0.6 is 11.8 Å². The monoisotopic (exact) mass is 396 g/mol. The van der Waals surface area contributed by atoms with Gasteiger partial charge in [-0.2, -0.15) is 9.78 Å². The Balaban J connectivity index is 1.88. The molecule has 1 amide bonds. The summed E-state index contributed by atoms with van der Waals surface area (Å²) >= 11 is 1.32. The van der Waals surface area contributed by atoms with Crippen LogP contribution in [0.5, 0.6) is 0 Å². The van der Waals surface area contributed by atoms with E-state index in [0.717, 1.165) is 10.2 Å². The lowest BCUT2D eigenvalue weighted by molar-refractivity contribution is 0.0523. The van der Waals surface area contributed by atoms with Crippen LogP contribution in [0.4, 0.5) is 16.3 Å². The van der Waals surface area contributed by atoms with E-state index in [1.807, 2.05) is 36.4 Å². The number of esters is 1. The summed E-state index contributed by atoms with van der Waals surface area (Å²) in [7, 11) is 0. The first-order valence-corrected chi connectivity index (χ1v) is 9.67. The molecule has 0 aliphatic heterocycles. The van der Waals surface area contributed by atoms with Crippen molar-refractivity contribution < 1.29 is 14.3 Å². The molecule has 0 spiro atoms. The molecule has 3 N–H and O–H groups in total. The van der Waals surface area contributed by atoms with Crippen LogP contribution < -0.4 is 11.1 Å². The summed E-state index contributed by atoms with van der Waals surface area (Å²) in [6.45, 7) is 1.90. The van der Waals surface area contributed by atoms with Crippen LogP contribution in [0.2, 0.25) is 0 Å². The molecule has 0 aliphatic carbocycles. The number of nitrogens with zero attached hydrogens (tertiary/aromatic N) is 2. The molecule has 0 saturated heterocycles. The normalized spacial score (nSPS) is 10.5. The molecule has 8 heteroatoms. The molecule has 1 aromatic heterocycles. The second-order valence-corrected chi connectivity index (χ2v) is 6.73. The van der Waals surface area contributed by atoms with E-state index in [2.05, 4.69) is 10.4 Å². The van der Waals surface area contributed by atoms with Crippen molar-refractivity contribution in [1.82, 2.24) is 9.78 Å². The third-order valence-corrected chi connectivity index (χ3v) is 4.84. The minimum atomic E-state index is -0.602. The van der Waals surface area contributed by atoms with Crippen molar-refractivity contribution in [2.45, 2.75) is 17.7 Å². The zero-order valence-electron chi connectivity index (χ0n) is 15.3. The van der Waals surface area contributed by atoms with E-state index in [-0.39, 0.29) is 18.0 Å². The molecule has 0 atom stereocenters. The Morgan fingerprint density at radius 1 is 1.11 bits per heavy atom. The molecule has 0 saturated carbocycles. The van der Waals surface area contributed by atoms with Gasteiger partial charge in [0.15, 0.2) is 0 Å². The molecule has 0 fully saturated rings. The Hall–Kier alpha value is -3.26. The molecule has 2 aromatic carbocycles. The van der Waals surface area contributed by atoms with E-state index in [4.69, 9.17) is 10.5 Å². The Morgan fingerprint density at radius 3 is 2.39 bits per heavy atom. The number of aromatic nitrogens is 2. The maximum Gasteiger partial charge on any atom is 0.348 e. The molecule has 0 bridgehead atoms. The molecular formula is C20H20N4O3S. The van der Waals surface area contributed by atoms with Gasteiger partial charge < -0.3 is 15.8 Å². The summed E-state index contributed by atoms with van der Waals surface area (Å²) < 4.78 is 6.09. The first kappa shape index (κ1) is 19.5.